The van der Waals surface area contributed by atoms with Crippen molar-refractivity contribution in [1.29, 1.82) is 0 Å². The van der Waals surface area contributed by atoms with E-state index in [1.54, 1.807) is 0 Å². The molecule has 0 radical (unpaired) electrons. The van der Waals surface area contributed by atoms with Gasteiger partial charge in [-0.3, -0.25) is 0 Å². The zero-order valence-electron chi connectivity index (χ0n) is 10.3. The highest BCUT2D eigenvalue weighted by Crippen LogP contribution is 2.33. The summed E-state index contributed by atoms with van der Waals surface area (Å²) < 4.78 is 0. The van der Waals surface area contributed by atoms with E-state index in [1.165, 1.54) is 49.7 Å². The maximum atomic E-state index is 6.23. The first-order valence-corrected chi connectivity index (χ1v) is 6.64. The molecule has 0 saturated heterocycles. The summed E-state index contributed by atoms with van der Waals surface area (Å²) in [6.07, 6.45) is 7.76. The molecule has 2 N–H and O–H groups in total. The molecule has 1 aliphatic rings. The highest BCUT2D eigenvalue weighted by atomic mass is 14.6. The van der Waals surface area contributed by atoms with E-state index >= 15 is 0 Å². The third-order valence-electron chi connectivity index (χ3n) is 3.76. The molecule has 0 spiro atoms. The molecule has 1 fully saturated rings. The van der Waals surface area contributed by atoms with Crippen LogP contribution in [0.3, 0.4) is 0 Å². The molecule has 0 bridgehead atoms. The van der Waals surface area contributed by atoms with Crippen molar-refractivity contribution in [3.8, 4) is 0 Å². The Bertz CT molecular complexity index is 311. The minimum atomic E-state index is 0.251. The zero-order chi connectivity index (χ0) is 11.4. The fourth-order valence-corrected chi connectivity index (χ4v) is 2.44. The van der Waals surface area contributed by atoms with Crippen molar-refractivity contribution in [3.05, 3.63) is 35.4 Å². The normalized spacial score (nSPS) is 18.1. The minimum Gasteiger partial charge on any atom is -0.324 e. The summed E-state index contributed by atoms with van der Waals surface area (Å²) in [5.74, 6) is 0.894. The summed E-state index contributed by atoms with van der Waals surface area (Å²) >= 11 is 0. The van der Waals surface area contributed by atoms with Crippen molar-refractivity contribution in [2.24, 2.45) is 11.7 Å². The first-order valence-electron chi connectivity index (χ1n) is 6.64. The Labute approximate surface area is 99.0 Å². The highest BCUT2D eigenvalue weighted by Gasteiger charge is 2.20. The molecule has 88 valence electrons. The average molecular weight is 217 g/mol. The molecular formula is C15H23N. The third-order valence-corrected chi connectivity index (χ3v) is 3.76. The molecule has 1 unspecified atom stereocenters. The summed E-state index contributed by atoms with van der Waals surface area (Å²) in [6, 6.07) is 9.16. The van der Waals surface area contributed by atoms with Crippen LogP contribution in [0, 0.1) is 5.92 Å². The SMILES string of the molecule is CCCc1ccc(C(N)CC2CCC2)cc1. The number of nitrogens with two attached hydrogens (primary N) is 1. The highest BCUT2D eigenvalue weighted by molar-refractivity contribution is 5.25. The molecule has 1 aromatic rings. The van der Waals surface area contributed by atoms with Crippen LogP contribution < -0.4 is 5.73 Å². The van der Waals surface area contributed by atoms with Gasteiger partial charge in [-0.25, -0.2) is 0 Å². The molecule has 1 atom stereocenters. The van der Waals surface area contributed by atoms with Gasteiger partial charge in [0.15, 0.2) is 0 Å². The van der Waals surface area contributed by atoms with Gasteiger partial charge in [0, 0.05) is 6.04 Å². The van der Waals surface area contributed by atoms with E-state index < -0.39 is 0 Å². The van der Waals surface area contributed by atoms with Gasteiger partial charge in [-0.15, -0.1) is 0 Å². The predicted molar refractivity (Wildman–Crippen MR) is 69.3 cm³/mol. The predicted octanol–water partition coefficient (Wildman–Crippen LogP) is 3.83. The topological polar surface area (TPSA) is 26.0 Å². The van der Waals surface area contributed by atoms with Crippen LogP contribution in [0.4, 0.5) is 0 Å². The number of rotatable bonds is 5. The van der Waals surface area contributed by atoms with Gasteiger partial charge in [0.2, 0.25) is 0 Å². The Balaban J connectivity index is 1.91. The van der Waals surface area contributed by atoms with Crippen molar-refractivity contribution in [3.63, 3.8) is 0 Å². The van der Waals surface area contributed by atoms with Gasteiger partial charge in [0.1, 0.15) is 0 Å². The summed E-state index contributed by atoms with van der Waals surface area (Å²) in [4.78, 5) is 0. The van der Waals surface area contributed by atoms with Gasteiger partial charge in [-0.05, 0) is 29.9 Å². The minimum absolute atomic E-state index is 0.251. The van der Waals surface area contributed by atoms with E-state index in [0.29, 0.717) is 0 Å². The monoisotopic (exact) mass is 217 g/mol. The molecule has 16 heavy (non-hydrogen) atoms. The maximum Gasteiger partial charge on any atom is 0.0297 e. The van der Waals surface area contributed by atoms with Crippen LogP contribution in [0.1, 0.15) is 56.2 Å². The molecule has 1 heteroatoms. The summed E-state index contributed by atoms with van der Waals surface area (Å²) in [5, 5.41) is 0. The molecule has 0 amide bonds. The molecule has 1 aliphatic carbocycles. The number of hydrogen-bond acceptors (Lipinski definition) is 1. The van der Waals surface area contributed by atoms with Crippen LogP contribution in [-0.4, -0.2) is 0 Å². The second-order valence-electron chi connectivity index (χ2n) is 5.13. The van der Waals surface area contributed by atoms with Crippen LogP contribution in [0.25, 0.3) is 0 Å². The van der Waals surface area contributed by atoms with Gasteiger partial charge in [-0.2, -0.15) is 0 Å². The van der Waals surface area contributed by atoms with E-state index in [1.807, 2.05) is 0 Å². The molecule has 1 saturated carbocycles. The van der Waals surface area contributed by atoms with Crippen molar-refractivity contribution < 1.29 is 0 Å². The average Bonchev–Trinajstić information content (AvgIpc) is 2.25. The van der Waals surface area contributed by atoms with Crippen molar-refractivity contribution in [2.45, 2.75) is 51.5 Å². The summed E-state index contributed by atoms with van der Waals surface area (Å²) in [7, 11) is 0. The maximum absolute atomic E-state index is 6.23. The Hall–Kier alpha value is -0.820. The van der Waals surface area contributed by atoms with E-state index in [2.05, 4.69) is 31.2 Å². The van der Waals surface area contributed by atoms with E-state index in [4.69, 9.17) is 5.73 Å². The van der Waals surface area contributed by atoms with Crippen LogP contribution in [-0.2, 0) is 6.42 Å². The van der Waals surface area contributed by atoms with Gasteiger partial charge in [0.05, 0.1) is 0 Å². The van der Waals surface area contributed by atoms with Crippen LogP contribution in [0.5, 0.6) is 0 Å². The lowest BCUT2D eigenvalue weighted by molar-refractivity contribution is 0.277. The molecule has 1 aromatic carbocycles. The second-order valence-corrected chi connectivity index (χ2v) is 5.13. The molecule has 2 rings (SSSR count). The molecule has 1 nitrogen and oxygen atoms in total. The van der Waals surface area contributed by atoms with Crippen molar-refractivity contribution in [2.75, 3.05) is 0 Å². The molecule has 0 aromatic heterocycles. The fraction of sp³-hybridized carbons (Fsp3) is 0.600. The number of benzene rings is 1. The lowest BCUT2D eigenvalue weighted by Gasteiger charge is -2.28. The zero-order valence-corrected chi connectivity index (χ0v) is 10.3. The fourth-order valence-electron chi connectivity index (χ4n) is 2.44. The number of hydrogen-bond donors (Lipinski definition) is 1. The second kappa shape index (κ2) is 5.49. The van der Waals surface area contributed by atoms with E-state index in [-0.39, 0.29) is 6.04 Å². The van der Waals surface area contributed by atoms with Gasteiger partial charge >= 0.3 is 0 Å². The van der Waals surface area contributed by atoms with Crippen molar-refractivity contribution >= 4 is 0 Å². The molecule has 0 heterocycles. The Morgan fingerprint density at radius 2 is 1.94 bits per heavy atom. The van der Waals surface area contributed by atoms with E-state index in [0.717, 1.165) is 5.92 Å². The number of aryl methyl sites for hydroxylation is 1. The van der Waals surface area contributed by atoms with Gasteiger partial charge in [0.25, 0.3) is 0 Å². The van der Waals surface area contributed by atoms with Crippen LogP contribution >= 0.6 is 0 Å². The van der Waals surface area contributed by atoms with E-state index in [9.17, 15) is 0 Å². The Morgan fingerprint density at radius 3 is 2.44 bits per heavy atom. The van der Waals surface area contributed by atoms with Crippen molar-refractivity contribution in [1.82, 2.24) is 0 Å². The van der Waals surface area contributed by atoms with Gasteiger partial charge in [-0.1, -0.05) is 56.9 Å². The smallest absolute Gasteiger partial charge is 0.0297 e. The summed E-state index contributed by atoms with van der Waals surface area (Å²) in [6.45, 7) is 2.22. The Kier molecular flexibility index (Phi) is 4.00. The van der Waals surface area contributed by atoms with Crippen LogP contribution in [0.15, 0.2) is 24.3 Å². The van der Waals surface area contributed by atoms with Crippen LogP contribution in [0.2, 0.25) is 0 Å². The standard InChI is InChI=1S/C15H23N/c1-2-4-12-7-9-14(10-8-12)15(16)11-13-5-3-6-13/h7-10,13,15H,2-6,11,16H2,1H3. The Morgan fingerprint density at radius 1 is 1.25 bits per heavy atom. The van der Waals surface area contributed by atoms with Gasteiger partial charge < -0.3 is 5.73 Å². The first kappa shape index (κ1) is 11.7. The third kappa shape index (κ3) is 2.85. The molecule has 0 aliphatic heterocycles. The summed E-state index contributed by atoms with van der Waals surface area (Å²) in [5.41, 5.74) is 8.97. The largest absolute Gasteiger partial charge is 0.324 e. The quantitative estimate of drug-likeness (QED) is 0.797. The lowest BCUT2D eigenvalue weighted by atomic mass is 9.80. The first-order chi connectivity index (χ1) is 7.79. The lowest BCUT2D eigenvalue weighted by Crippen LogP contribution is -2.20. The molecular weight excluding hydrogens is 194 g/mol.